The highest BCUT2D eigenvalue weighted by Gasteiger charge is 2.07. The summed E-state index contributed by atoms with van der Waals surface area (Å²) in [7, 11) is 1.63. The van der Waals surface area contributed by atoms with Crippen molar-refractivity contribution in [3.63, 3.8) is 0 Å². The van der Waals surface area contributed by atoms with Crippen LogP contribution >= 0.6 is 0 Å². The van der Waals surface area contributed by atoms with Crippen molar-refractivity contribution in [3.05, 3.63) is 83.4 Å². The average Bonchev–Trinajstić information content (AvgIpc) is 2.69. The molecule has 3 aromatic rings. The summed E-state index contributed by atoms with van der Waals surface area (Å²) in [4.78, 5) is 5.06. The molecule has 0 bridgehead atoms. The number of benzene rings is 3. The minimum atomic E-state index is 0.358. The molecule has 0 atom stereocenters. The molecule has 0 spiro atoms. The number of rotatable bonds is 7. The number of nitriles is 1. The van der Waals surface area contributed by atoms with Crippen molar-refractivity contribution < 1.29 is 19.8 Å². The van der Waals surface area contributed by atoms with Crippen LogP contribution in [0.3, 0.4) is 0 Å². The summed E-state index contributed by atoms with van der Waals surface area (Å²) in [5.41, 5.74) is 5.27. The van der Waals surface area contributed by atoms with Gasteiger partial charge in [-0.25, -0.2) is 4.84 Å². The molecule has 3 aromatic carbocycles. The molecule has 3 rings (SSSR count). The molecule has 0 aromatic heterocycles. The molecule has 136 valence electrons. The van der Waals surface area contributed by atoms with Gasteiger partial charge in [0.2, 0.25) is 0 Å². The van der Waals surface area contributed by atoms with E-state index in [0.29, 0.717) is 17.9 Å². The van der Waals surface area contributed by atoms with Gasteiger partial charge in [0.25, 0.3) is 0 Å². The second-order valence-corrected chi connectivity index (χ2v) is 6.02. The van der Waals surface area contributed by atoms with Gasteiger partial charge in [-0.2, -0.15) is 10.7 Å². The third kappa shape index (κ3) is 4.85. The molecule has 0 aliphatic heterocycles. The van der Waals surface area contributed by atoms with Gasteiger partial charge in [0.15, 0.2) is 5.69 Å². The van der Waals surface area contributed by atoms with Crippen LogP contribution in [0, 0.1) is 18.3 Å². The van der Waals surface area contributed by atoms with Crippen molar-refractivity contribution in [2.45, 2.75) is 13.5 Å². The van der Waals surface area contributed by atoms with Crippen LogP contribution in [0.5, 0.6) is 17.2 Å². The van der Waals surface area contributed by atoms with E-state index in [2.05, 4.69) is 6.07 Å². The van der Waals surface area contributed by atoms with E-state index in [1.165, 1.54) is 0 Å². The fourth-order valence-corrected chi connectivity index (χ4v) is 2.65. The third-order valence-corrected chi connectivity index (χ3v) is 4.02. The van der Waals surface area contributed by atoms with Gasteiger partial charge in [-0.05, 0) is 48.9 Å². The molecule has 0 saturated carbocycles. The molecule has 0 amide bonds. The lowest BCUT2D eigenvalue weighted by atomic mass is 10.2. The number of hydrogen-bond acceptors (Lipinski definition) is 4. The van der Waals surface area contributed by atoms with Gasteiger partial charge >= 0.3 is 0 Å². The predicted octanol–water partition coefficient (Wildman–Crippen LogP) is 3.99. The fraction of sp³-hybridized carbons (Fsp3) is 0.136. The lowest BCUT2D eigenvalue weighted by Gasteiger charge is -2.11. The summed E-state index contributed by atoms with van der Waals surface area (Å²) in [6, 6.07) is 22.9. The van der Waals surface area contributed by atoms with Crippen LogP contribution in [0.15, 0.2) is 66.7 Å². The predicted molar refractivity (Wildman–Crippen MR) is 102 cm³/mol. The Labute approximate surface area is 158 Å². The van der Waals surface area contributed by atoms with Gasteiger partial charge in [0.05, 0.1) is 12.7 Å². The van der Waals surface area contributed by atoms with Crippen LogP contribution in [-0.4, -0.2) is 7.11 Å². The summed E-state index contributed by atoms with van der Waals surface area (Å²) in [6.07, 6.45) is 0. The molecule has 0 heterocycles. The largest absolute Gasteiger partial charge is 0.488 e. The minimum absolute atomic E-state index is 0.358. The Morgan fingerprint density at radius 2 is 1.78 bits per heavy atom. The number of nitrogens with zero attached hydrogens (tertiary/aromatic N) is 1. The van der Waals surface area contributed by atoms with Crippen LogP contribution < -0.4 is 15.0 Å². The van der Waals surface area contributed by atoms with Gasteiger partial charge < -0.3 is 9.47 Å². The summed E-state index contributed by atoms with van der Waals surface area (Å²) >= 11 is 0. The highest BCUT2D eigenvalue weighted by Crippen LogP contribution is 2.26. The lowest BCUT2D eigenvalue weighted by molar-refractivity contribution is -0.830. The fourth-order valence-electron chi connectivity index (χ4n) is 2.65. The standard InChI is InChI=1S/C22H20N2O3/c1-16-12-20(10-11-21(16)24-25-2)27-19-8-5-6-17(13-19)15-26-22-9-4-3-7-18(22)14-23/h3-13,24H,15H2,1-2H3/p+1. The topological polar surface area (TPSA) is 68.1 Å². The third-order valence-electron chi connectivity index (χ3n) is 4.02. The molecule has 2 N–H and O–H groups in total. The first-order valence-corrected chi connectivity index (χ1v) is 8.55. The van der Waals surface area contributed by atoms with E-state index in [1.807, 2.05) is 61.5 Å². The van der Waals surface area contributed by atoms with Gasteiger partial charge in [-0.1, -0.05) is 24.3 Å². The van der Waals surface area contributed by atoms with Crippen LogP contribution in [0.1, 0.15) is 16.7 Å². The Hall–Kier alpha value is -3.33. The zero-order valence-corrected chi connectivity index (χ0v) is 15.3. The molecule has 0 unspecified atom stereocenters. The Balaban J connectivity index is 1.69. The van der Waals surface area contributed by atoms with E-state index in [1.54, 1.807) is 24.7 Å². The number of ether oxygens (including phenoxy) is 2. The van der Waals surface area contributed by atoms with E-state index >= 15 is 0 Å². The summed E-state index contributed by atoms with van der Waals surface area (Å²) < 4.78 is 11.8. The van der Waals surface area contributed by atoms with E-state index in [9.17, 15) is 0 Å². The Kier molecular flexibility index (Phi) is 6.06. The van der Waals surface area contributed by atoms with Crippen molar-refractivity contribution in [1.82, 2.24) is 0 Å². The maximum Gasteiger partial charge on any atom is 0.165 e. The van der Waals surface area contributed by atoms with E-state index in [4.69, 9.17) is 19.6 Å². The second kappa shape index (κ2) is 8.86. The molecule has 27 heavy (non-hydrogen) atoms. The van der Waals surface area contributed by atoms with Gasteiger partial charge in [-0.3, -0.25) is 0 Å². The first-order chi connectivity index (χ1) is 13.2. The number of aryl methyl sites for hydroxylation is 1. The van der Waals surface area contributed by atoms with E-state index in [0.717, 1.165) is 28.3 Å². The SMILES string of the molecule is CO[NH2+]c1ccc(Oc2cccc(COc3ccccc3C#N)c2)cc1C. The first kappa shape index (κ1) is 18.5. The molecule has 5 heteroatoms. The molecule has 0 fully saturated rings. The zero-order valence-electron chi connectivity index (χ0n) is 15.3. The maximum absolute atomic E-state index is 9.14. The molecule has 0 aliphatic rings. The normalized spacial score (nSPS) is 10.3. The van der Waals surface area contributed by atoms with Crippen molar-refractivity contribution in [2.75, 3.05) is 7.11 Å². The molecular weight excluding hydrogens is 340 g/mol. The average molecular weight is 361 g/mol. The molecular formula is C22H21N2O3+. The van der Waals surface area contributed by atoms with E-state index < -0.39 is 0 Å². The smallest absolute Gasteiger partial charge is 0.165 e. The minimum Gasteiger partial charge on any atom is -0.488 e. The van der Waals surface area contributed by atoms with Crippen LogP contribution in [0.2, 0.25) is 0 Å². The lowest BCUT2D eigenvalue weighted by Crippen LogP contribution is -2.76. The Bertz CT molecular complexity index is 964. The number of quaternary nitrogens is 1. The van der Waals surface area contributed by atoms with Crippen LogP contribution in [-0.2, 0) is 11.4 Å². The summed E-state index contributed by atoms with van der Waals surface area (Å²) in [6.45, 7) is 2.37. The molecule has 0 aliphatic carbocycles. The van der Waals surface area contributed by atoms with Gasteiger partial charge in [0, 0.05) is 11.6 Å². The maximum atomic E-state index is 9.14. The van der Waals surface area contributed by atoms with E-state index in [-0.39, 0.29) is 0 Å². The van der Waals surface area contributed by atoms with Crippen molar-refractivity contribution in [1.29, 1.82) is 5.26 Å². The molecule has 0 saturated heterocycles. The second-order valence-electron chi connectivity index (χ2n) is 6.02. The van der Waals surface area contributed by atoms with Crippen LogP contribution in [0.4, 0.5) is 5.69 Å². The van der Waals surface area contributed by atoms with Gasteiger partial charge in [-0.15, -0.1) is 0 Å². The molecule has 0 radical (unpaired) electrons. The highest BCUT2D eigenvalue weighted by molar-refractivity contribution is 5.45. The Morgan fingerprint density at radius 3 is 2.56 bits per heavy atom. The number of para-hydroxylation sites is 1. The van der Waals surface area contributed by atoms with Crippen molar-refractivity contribution >= 4 is 5.69 Å². The summed E-state index contributed by atoms with van der Waals surface area (Å²) in [5.74, 6) is 2.06. The van der Waals surface area contributed by atoms with Crippen molar-refractivity contribution in [2.24, 2.45) is 0 Å². The first-order valence-electron chi connectivity index (χ1n) is 8.55. The summed E-state index contributed by atoms with van der Waals surface area (Å²) in [5, 5.41) is 9.14. The Morgan fingerprint density at radius 1 is 0.963 bits per heavy atom. The van der Waals surface area contributed by atoms with Gasteiger partial charge in [0.1, 0.15) is 29.9 Å². The monoisotopic (exact) mass is 361 g/mol. The quantitative estimate of drug-likeness (QED) is 0.510. The number of nitrogens with two attached hydrogens (primary N) is 1. The zero-order chi connectivity index (χ0) is 19.1. The number of hydrogen-bond donors (Lipinski definition) is 1. The van der Waals surface area contributed by atoms with Crippen molar-refractivity contribution in [3.8, 4) is 23.3 Å². The van der Waals surface area contributed by atoms with Crippen LogP contribution in [0.25, 0.3) is 0 Å². The molecule has 5 nitrogen and oxygen atoms in total. The highest BCUT2D eigenvalue weighted by atomic mass is 16.6.